The van der Waals surface area contributed by atoms with Gasteiger partial charge in [-0.05, 0) is 65.0 Å². The van der Waals surface area contributed by atoms with Crippen LogP contribution in [0.15, 0.2) is 30.3 Å². The van der Waals surface area contributed by atoms with Gasteiger partial charge >= 0.3 is 6.36 Å². The molecule has 1 aliphatic carbocycles. The molecule has 2 aromatic rings. The number of benzene rings is 2. The molecule has 1 heterocycles. The second kappa shape index (κ2) is 9.01. The molecule has 4 rings (SSSR count). The van der Waals surface area contributed by atoms with Crippen molar-refractivity contribution < 1.29 is 27.5 Å². The molecule has 2 amide bonds. The lowest BCUT2D eigenvalue weighted by molar-refractivity contribution is -0.274. The fourth-order valence-corrected chi connectivity index (χ4v) is 6.01. The van der Waals surface area contributed by atoms with Crippen molar-refractivity contribution in [3.8, 4) is 16.9 Å². The largest absolute Gasteiger partial charge is 0.573 e. The Bertz CT molecular complexity index is 1220. The Morgan fingerprint density at radius 3 is 2.19 bits per heavy atom. The number of thioether (sulfide) groups is 1. The third-order valence-corrected chi connectivity index (χ3v) is 8.21. The van der Waals surface area contributed by atoms with Gasteiger partial charge in [0.15, 0.2) is 0 Å². The van der Waals surface area contributed by atoms with Crippen molar-refractivity contribution in [3.63, 3.8) is 0 Å². The Morgan fingerprint density at radius 1 is 1.06 bits per heavy atom. The van der Waals surface area contributed by atoms with Gasteiger partial charge in [-0.3, -0.25) is 14.9 Å². The summed E-state index contributed by atoms with van der Waals surface area (Å²) in [5.41, 5.74) is 4.18. The number of nitrogens with zero attached hydrogens (tertiary/aromatic N) is 1. The van der Waals surface area contributed by atoms with E-state index in [2.05, 4.69) is 43.8 Å². The van der Waals surface area contributed by atoms with Gasteiger partial charge in [-0.1, -0.05) is 51.6 Å². The number of alkyl halides is 3. The minimum absolute atomic E-state index is 0.0854. The van der Waals surface area contributed by atoms with E-state index >= 15 is 0 Å². The molecular formula is C27H31F3N2O3S. The van der Waals surface area contributed by atoms with E-state index in [0.29, 0.717) is 11.1 Å². The van der Waals surface area contributed by atoms with Crippen molar-refractivity contribution in [1.29, 1.82) is 0 Å². The van der Waals surface area contributed by atoms with E-state index < -0.39 is 22.8 Å². The van der Waals surface area contributed by atoms with Crippen LogP contribution in [-0.2, 0) is 22.0 Å². The fraction of sp³-hybridized carbons (Fsp3) is 0.481. The first kappa shape index (κ1) is 26.4. The second-order valence-electron chi connectivity index (χ2n) is 11.0. The van der Waals surface area contributed by atoms with Gasteiger partial charge in [0.05, 0.1) is 5.25 Å². The third kappa shape index (κ3) is 5.08. The highest BCUT2D eigenvalue weighted by Crippen LogP contribution is 2.51. The SMILES string of the molecule is CN(C)c1cc2c(cc1-c1c(CC3SC(=O)NC3=O)cccc1OC(F)(F)F)C(C)(C)CCC2(C)C. The Kier molecular flexibility index (Phi) is 6.60. The van der Waals surface area contributed by atoms with Crippen LogP contribution in [0.4, 0.5) is 23.7 Å². The average molecular weight is 521 g/mol. The lowest BCUT2D eigenvalue weighted by Crippen LogP contribution is -2.34. The number of rotatable bonds is 5. The van der Waals surface area contributed by atoms with E-state index in [-0.39, 0.29) is 28.6 Å². The van der Waals surface area contributed by atoms with Crippen molar-refractivity contribution in [2.75, 3.05) is 19.0 Å². The monoisotopic (exact) mass is 520 g/mol. The van der Waals surface area contributed by atoms with Gasteiger partial charge in [-0.15, -0.1) is 13.2 Å². The zero-order valence-corrected chi connectivity index (χ0v) is 22.1. The second-order valence-corrected chi connectivity index (χ2v) is 12.2. The molecule has 2 aliphatic rings. The van der Waals surface area contributed by atoms with Crippen molar-refractivity contribution >= 4 is 28.6 Å². The summed E-state index contributed by atoms with van der Waals surface area (Å²) in [6, 6.07) is 8.57. The van der Waals surface area contributed by atoms with Crippen LogP contribution >= 0.6 is 11.8 Å². The first-order valence-corrected chi connectivity index (χ1v) is 12.7. The number of ether oxygens (including phenoxy) is 1. The van der Waals surface area contributed by atoms with Crippen LogP contribution < -0.4 is 15.0 Å². The molecule has 5 nitrogen and oxygen atoms in total. The van der Waals surface area contributed by atoms with Gasteiger partial charge in [-0.25, -0.2) is 0 Å². The summed E-state index contributed by atoms with van der Waals surface area (Å²) in [4.78, 5) is 25.9. The Balaban J connectivity index is 1.99. The highest BCUT2D eigenvalue weighted by molar-refractivity contribution is 8.15. The number of hydrogen-bond donors (Lipinski definition) is 1. The molecule has 1 aliphatic heterocycles. The number of carbonyl (C=O) groups is 2. The lowest BCUT2D eigenvalue weighted by atomic mass is 9.62. The topological polar surface area (TPSA) is 58.6 Å². The number of halogens is 3. The summed E-state index contributed by atoms with van der Waals surface area (Å²) < 4.78 is 45.0. The lowest BCUT2D eigenvalue weighted by Gasteiger charge is -2.43. The van der Waals surface area contributed by atoms with Crippen LogP contribution in [0, 0.1) is 0 Å². The van der Waals surface area contributed by atoms with Gasteiger partial charge in [-0.2, -0.15) is 0 Å². The molecule has 0 saturated carbocycles. The maximum absolute atomic E-state index is 13.5. The van der Waals surface area contributed by atoms with E-state index in [1.807, 2.05) is 25.1 Å². The predicted octanol–water partition coefficient (Wildman–Crippen LogP) is 6.56. The van der Waals surface area contributed by atoms with Crippen LogP contribution in [0.25, 0.3) is 11.1 Å². The Morgan fingerprint density at radius 2 is 1.67 bits per heavy atom. The normalized spacial score (nSPS) is 20.6. The molecule has 0 bridgehead atoms. The number of carbonyl (C=O) groups excluding carboxylic acids is 2. The maximum Gasteiger partial charge on any atom is 0.573 e. The van der Waals surface area contributed by atoms with E-state index in [0.717, 1.165) is 35.9 Å². The molecule has 194 valence electrons. The smallest absolute Gasteiger partial charge is 0.405 e. The molecule has 1 unspecified atom stereocenters. The average Bonchev–Trinajstić information content (AvgIpc) is 3.06. The van der Waals surface area contributed by atoms with Gasteiger partial charge in [0, 0.05) is 30.9 Å². The number of anilines is 1. The highest BCUT2D eigenvalue weighted by atomic mass is 32.2. The summed E-state index contributed by atoms with van der Waals surface area (Å²) in [6.07, 6.45) is -2.86. The summed E-state index contributed by atoms with van der Waals surface area (Å²) in [7, 11) is 3.72. The molecule has 1 N–H and O–H groups in total. The fourth-order valence-electron chi connectivity index (χ4n) is 5.16. The molecule has 0 aromatic heterocycles. The molecular weight excluding hydrogens is 489 g/mol. The van der Waals surface area contributed by atoms with Crippen LogP contribution in [0.3, 0.4) is 0 Å². The minimum Gasteiger partial charge on any atom is -0.405 e. The zero-order valence-electron chi connectivity index (χ0n) is 21.3. The van der Waals surface area contributed by atoms with Crippen molar-refractivity contribution in [2.45, 2.75) is 69.4 Å². The Labute approximate surface area is 213 Å². The molecule has 1 atom stereocenters. The molecule has 36 heavy (non-hydrogen) atoms. The number of fused-ring (bicyclic) bond motifs is 1. The summed E-state index contributed by atoms with van der Waals surface area (Å²) in [6.45, 7) is 8.70. The van der Waals surface area contributed by atoms with Gasteiger partial charge < -0.3 is 9.64 Å². The molecule has 1 fully saturated rings. The first-order chi connectivity index (χ1) is 16.6. The quantitative estimate of drug-likeness (QED) is 0.484. The Hall–Kier alpha value is -2.68. The number of imide groups is 1. The molecule has 0 spiro atoms. The van der Waals surface area contributed by atoms with E-state index in [9.17, 15) is 22.8 Å². The summed E-state index contributed by atoms with van der Waals surface area (Å²) in [5, 5.41) is 1.07. The molecule has 0 radical (unpaired) electrons. The standard InChI is InChI=1S/C27H31F3N2O3S/c1-25(2)10-11-26(3,4)18-14-19(32(5)6)16(13-17(18)25)22-15(12-21-23(33)31-24(34)36-21)8-7-9-20(22)35-27(28,29)30/h7-9,13-14,21H,10-12H2,1-6H3,(H,31,33,34). The molecule has 9 heteroatoms. The number of amides is 2. The molecule has 2 aromatic carbocycles. The van der Waals surface area contributed by atoms with Crippen LogP contribution in [0.1, 0.15) is 57.2 Å². The third-order valence-electron chi connectivity index (χ3n) is 7.23. The highest BCUT2D eigenvalue weighted by Gasteiger charge is 2.40. The molecule has 1 saturated heterocycles. The minimum atomic E-state index is -4.89. The maximum atomic E-state index is 13.5. The van der Waals surface area contributed by atoms with Crippen LogP contribution in [-0.4, -0.2) is 36.9 Å². The van der Waals surface area contributed by atoms with Crippen LogP contribution in [0.2, 0.25) is 0 Å². The van der Waals surface area contributed by atoms with Gasteiger partial charge in [0.1, 0.15) is 5.75 Å². The summed E-state index contributed by atoms with van der Waals surface area (Å²) in [5.74, 6) is -0.773. The zero-order chi connectivity index (χ0) is 26.6. The first-order valence-electron chi connectivity index (χ1n) is 11.8. The van der Waals surface area contributed by atoms with E-state index in [1.165, 1.54) is 17.7 Å². The van der Waals surface area contributed by atoms with Crippen molar-refractivity contribution in [2.24, 2.45) is 0 Å². The predicted molar refractivity (Wildman–Crippen MR) is 137 cm³/mol. The number of hydrogen-bond acceptors (Lipinski definition) is 5. The van der Waals surface area contributed by atoms with E-state index in [4.69, 9.17) is 0 Å². The van der Waals surface area contributed by atoms with E-state index in [1.54, 1.807) is 6.07 Å². The van der Waals surface area contributed by atoms with Gasteiger partial charge in [0.2, 0.25) is 5.91 Å². The number of nitrogens with one attached hydrogen (secondary N) is 1. The van der Waals surface area contributed by atoms with Gasteiger partial charge in [0.25, 0.3) is 5.24 Å². The van der Waals surface area contributed by atoms with Crippen LogP contribution in [0.5, 0.6) is 5.75 Å². The summed E-state index contributed by atoms with van der Waals surface area (Å²) >= 11 is 0.851. The van der Waals surface area contributed by atoms with Crippen molar-refractivity contribution in [3.05, 3.63) is 47.0 Å². The van der Waals surface area contributed by atoms with Crippen molar-refractivity contribution in [1.82, 2.24) is 5.32 Å².